The smallest absolute Gasteiger partial charge is 0.273 e. The van der Waals surface area contributed by atoms with Gasteiger partial charge in [-0.25, -0.2) is 5.10 Å². The Morgan fingerprint density at radius 1 is 1.03 bits per heavy atom. The van der Waals surface area contributed by atoms with Crippen LogP contribution in [-0.4, -0.2) is 44.6 Å². The number of fused-ring (bicyclic) bond motifs is 1. The minimum Gasteiger partial charge on any atom is -0.368 e. The van der Waals surface area contributed by atoms with E-state index < -0.39 is 0 Å². The SMILES string of the molecule is CC.CC.CC1C=CC=CC1.Cc1n[nH]nc1C(=O)NCCCNc1n[nH]c(=O)c2ccccc12. The molecule has 0 bridgehead atoms. The van der Waals surface area contributed by atoms with E-state index in [0.29, 0.717) is 42.1 Å². The second-order valence-corrected chi connectivity index (χ2v) is 7.27. The zero-order chi connectivity index (χ0) is 26.1. The number of benzene rings is 1. The molecule has 9 nitrogen and oxygen atoms in total. The Labute approximate surface area is 207 Å². The second-order valence-electron chi connectivity index (χ2n) is 7.27. The number of hydrogen-bond donors (Lipinski definition) is 4. The van der Waals surface area contributed by atoms with Crippen LogP contribution in [0.3, 0.4) is 0 Å². The van der Waals surface area contributed by atoms with Crippen molar-refractivity contribution in [3.8, 4) is 0 Å². The summed E-state index contributed by atoms with van der Waals surface area (Å²) in [5.41, 5.74) is 0.650. The van der Waals surface area contributed by atoms with E-state index in [1.165, 1.54) is 6.42 Å². The minimum absolute atomic E-state index is 0.216. The lowest BCUT2D eigenvalue weighted by atomic mass is 10.0. The Hall–Kier alpha value is -3.75. The molecule has 1 atom stereocenters. The third-order valence-corrected chi connectivity index (χ3v) is 4.76. The molecular formula is C26H39N7O2. The van der Waals surface area contributed by atoms with E-state index in [1.807, 2.05) is 45.9 Å². The van der Waals surface area contributed by atoms with Crippen LogP contribution >= 0.6 is 0 Å². The molecule has 4 rings (SSSR count). The Morgan fingerprint density at radius 3 is 2.31 bits per heavy atom. The lowest BCUT2D eigenvalue weighted by molar-refractivity contribution is 0.0948. The fraction of sp³-hybridized carbons (Fsp3) is 0.423. The van der Waals surface area contributed by atoms with E-state index in [9.17, 15) is 9.59 Å². The van der Waals surface area contributed by atoms with Crippen molar-refractivity contribution in [2.45, 2.75) is 54.4 Å². The number of aromatic nitrogens is 5. The van der Waals surface area contributed by atoms with Crippen LogP contribution in [0.5, 0.6) is 0 Å². The maximum atomic E-state index is 11.9. The number of nitrogens with one attached hydrogen (secondary N) is 4. The molecule has 9 heteroatoms. The molecule has 0 spiro atoms. The zero-order valence-electron chi connectivity index (χ0n) is 21.7. The monoisotopic (exact) mass is 481 g/mol. The molecule has 1 amide bonds. The molecule has 1 aliphatic rings. The Balaban J connectivity index is 0.000000468. The van der Waals surface area contributed by atoms with Crippen molar-refractivity contribution >= 4 is 22.5 Å². The van der Waals surface area contributed by atoms with Gasteiger partial charge in [-0.2, -0.15) is 20.5 Å². The number of nitrogens with zero attached hydrogens (tertiary/aromatic N) is 3. The summed E-state index contributed by atoms with van der Waals surface area (Å²) in [6.45, 7) is 13.0. The first-order valence-corrected chi connectivity index (χ1v) is 12.3. The number of amides is 1. The number of carbonyl (C=O) groups is 1. The van der Waals surface area contributed by atoms with Gasteiger partial charge in [0.2, 0.25) is 0 Å². The van der Waals surface area contributed by atoms with Crippen LogP contribution in [-0.2, 0) is 0 Å². The molecule has 1 aromatic carbocycles. The molecule has 190 valence electrons. The van der Waals surface area contributed by atoms with E-state index in [-0.39, 0.29) is 11.5 Å². The lowest BCUT2D eigenvalue weighted by Crippen LogP contribution is -2.27. The topological polar surface area (TPSA) is 128 Å². The van der Waals surface area contributed by atoms with Gasteiger partial charge in [0.15, 0.2) is 11.5 Å². The van der Waals surface area contributed by atoms with E-state index in [1.54, 1.807) is 13.0 Å². The van der Waals surface area contributed by atoms with Crippen LogP contribution in [0.15, 0.2) is 53.4 Å². The first-order chi connectivity index (χ1) is 17.1. The van der Waals surface area contributed by atoms with Gasteiger partial charge in [-0.3, -0.25) is 9.59 Å². The van der Waals surface area contributed by atoms with E-state index in [4.69, 9.17) is 0 Å². The predicted molar refractivity (Wildman–Crippen MR) is 144 cm³/mol. The predicted octanol–water partition coefficient (Wildman–Crippen LogP) is 4.77. The number of aryl methyl sites for hydroxylation is 1. The molecule has 1 aliphatic carbocycles. The molecule has 2 heterocycles. The molecule has 4 N–H and O–H groups in total. The van der Waals surface area contributed by atoms with Crippen LogP contribution in [0.4, 0.5) is 5.82 Å². The van der Waals surface area contributed by atoms with Gasteiger partial charge in [-0.1, -0.05) is 77.1 Å². The molecule has 3 aromatic rings. The number of rotatable bonds is 6. The van der Waals surface area contributed by atoms with Crippen molar-refractivity contribution in [3.63, 3.8) is 0 Å². The molecule has 1 unspecified atom stereocenters. The summed E-state index contributed by atoms with van der Waals surface area (Å²) in [6.07, 6.45) is 10.5. The van der Waals surface area contributed by atoms with Crippen molar-refractivity contribution in [2.75, 3.05) is 18.4 Å². The fourth-order valence-electron chi connectivity index (χ4n) is 3.03. The van der Waals surface area contributed by atoms with Gasteiger partial charge in [0.25, 0.3) is 11.5 Å². The van der Waals surface area contributed by atoms with Gasteiger partial charge >= 0.3 is 0 Å². The molecule has 35 heavy (non-hydrogen) atoms. The molecule has 0 fully saturated rings. The summed E-state index contributed by atoms with van der Waals surface area (Å²) in [4.78, 5) is 23.6. The molecular weight excluding hydrogens is 442 g/mol. The Kier molecular flexibility index (Phi) is 14.1. The Morgan fingerprint density at radius 2 is 1.74 bits per heavy atom. The second kappa shape index (κ2) is 16.8. The van der Waals surface area contributed by atoms with Crippen molar-refractivity contribution in [1.29, 1.82) is 0 Å². The van der Waals surface area contributed by atoms with Gasteiger partial charge in [-0.05, 0) is 31.7 Å². The summed E-state index contributed by atoms with van der Waals surface area (Å²) in [6, 6.07) is 7.26. The van der Waals surface area contributed by atoms with E-state index in [0.717, 1.165) is 11.3 Å². The number of anilines is 1. The highest BCUT2D eigenvalue weighted by atomic mass is 16.2. The molecule has 2 aromatic heterocycles. The molecule has 0 aliphatic heterocycles. The van der Waals surface area contributed by atoms with Crippen molar-refractivity contribution < 1.29 is 4.79 Å². The largest absolute Gasteiger partial charge is 0.368 e. The summed E-state index contributed by atoms with van der Waals surface area (Å²) in [5, 5.41) is 23.8. The summed E-state index contributed by atoms with van der Waals surface area (Å²) in [5.74, 6) is 1.13. The molecule has 0 radical (unpaired) electrons. The number of aromatic amines is 2. The molecule has 0 saturated heterocycles. The van der Waals surface area contributed by atoms with Gasteiger partial charge in [-0.15, -0.1) is 0 Å². The van der Waals surface area contributed by atoms with Gasteiger partial charge in [0.05, 0.1) is 11.1 Å². The van der Waals surface area contributed by atoms with Gasteiger partial charge < -0.3 is 10.6 Å². The highest BCUT2D eigenvalue weighted by Gasteiger charge is 2.12. The first kappa shape index (κ1) is 29.3. The number of carbonyl (C=O) groups excluding carboxylic acids is 1. The minimum atomic E-state index is -0.256. The van der Waals surface area contributed by atoms with Crippen LogP contribution in [0.25, 0.3) is 10.8 Å². The quantitative estimate of drug-likeness (QED) is 0.375. The van der Waals surface area contributed by atoms with E-state index in [2.05, 4.69) is 67.5 Å². The third kappa shape index (κ3) is 9.56. The first-order valence-electron chi connectivity index (χ1n) is 12.3. The van der Waals surface area contributed by atoms with Gasteiger partial charge in [0.1, 0.15) is 0 Å². The van der Waals surface area contributed by atoms with Crippen LogP contribution in [0, 0.1) is 12.8 Å². The lowest BCUT2D eigenvalue weighted by Gasteiger charge is -2.08. The summed E-state index contributed by atoms with van der Waals surface area (Å²) in [7, 11) is 0. The number of hydrogen-bond acceptors (Lipinski definition) is 6. The summed E-state index contributed by atoms with van der Waals surface area (Å²) < 4.78 is 0. The zero-order valence-corrected chi connectivity index (χ0v) is 21.7. The van der Waals surface area contributed by atoms with Gasteiger partial charge in [0, 0.05) is 18.5 Å². The van der Waals surface area contributed by atoms with Crippen molar-refractivity contribution in [2.24, 2.45) is 5.92 Å². The van der Waals surface area contributed by atoms with Crippen molar-refractivity contribution in [1.82, 2.24) is 30.9 Å². The third-order valence-electron chi connectivity index (χ3n) is 4.76. The number of allylic oxidation sites excluding steroid dienone is 4. The average Bonchev–Trinajstić information content (AvgIpc) is 3.34. The highest BCUT2D eigenvalue weighted by molar-refractivity contribution is 5.93. The van der Waals surface area contributed by atoms with E-state index >= 15 is 0 Å². The number of H-pyrrole nitrogens is 2. The average molecular weight is 482 g/mol. The fourth-order valence-corrected chi connectivity index (χ4v) is 3.03. The van der Waals surface area contributed by atoms with Crippen LogP contribution in [0.2, 0.25) is 0 Å². The normalized spacial score (nSPS) is 13.4. The maximum Gasteiger partial charge on any atom is 0.273 e. The Bertz CT molecular complexity index is 1130. The maximum absolute atomic E-state index is 11.9. The highest BCUT2D eigenvalue weighted by Crippen LogP contribution is 2.16. The van der Waals surface area contributed by atoms with Crippen LogP contribution in [0.1, 0.15) is 63.6 Å². The molecule has 0 saturated carbocycles. The summed E-state index contributed by atoms with van der Waals surface area (Å²) >= 11 is 0. The van der Waals surface area contributed by atoms with Crippen molar-refractivity contribution in [3.05, 3.63) is 70.3 Å². The van der Waals surface area contributed by atoms with Crippen LogP contribution < -0.4 is 16.2 Å². The standard InChI is InChI=1S/C15H17N7O2.C7H10.2C2H6/c1-9-12(19-22-18-9)15(24)17-8-4-7-16-13-10-5-2-3-6-11(10)14(23)21-20-13;1-7-5-3-2-4-6-7;2*1-2/h2-3,5-6H,4,7-8H2,1H3,(H,16,20)(H,17,24)(H,21,23)(H,18,19,22);2-5,7H,6H2,1H3;2*1-2H3.